The maximum Gasteiger partial charge on any atom is 0.266 e. The Hall–Kier alpha value is -3.59. The minimum atomic E-state index is -0.172. The summed E-state index contributed by atoms with van der Waals surface area (Å²) in [5, 5.41) is 8.08. The fraction of sp³-hybridized carbons (Fsp3) is 0.190. The van der Waals surface area contributed by atoms with Crippen LogP contribution < -0.4 is 10.9 Å². The van der Waals surface area contributed by atoms with Crippen molar-refractivity contribution in [2.24, 2.45) is 0 Å². The maximum atomic E-state index is 12.5. The second-order valence-electron chi connectivity index (χ2n) is 6.63. The van der Waals surface area contributed by atoms with E-state index in [4.69, 9.17) is 0 Å². The first-order chi connectivity index (χ1) is 14.6. The number of carbonyl (C=O) groups excluding carboxylic acids is 1. The van der Waals surface area contributed by atoms with Gasteiger partial charge in [0.05, 0.1) is 11.4 Å². The van der Waals surface area contributed by atoms with Gasteiger partial charge in [-0.25, -0.2) is 9.67 Å². The average molecular weight is 420 g/mol. The Balaban J connectivity index is 1.35. The molecule has 30 heavy (non-hydrogen) atoms. The maximum absolute atomic E-state index is 12.5. The van der Waals surface area contributed by atoms with Crippen LogP contribution in [0.25, 0.3) is 16.4 Å². The highest BCUT2D eigenvalue weighted by molar-refractivity contribution is 7.16. The van der Waals surface area contributed by atoms with E-state index in [1.54, 1.807) is 18.5 Å². The first-order valence-electron chi connectivity index (χ1n) is 9.49. The lowest BCUT2D eigenvalue weighted by Crippen LogP contribution is -2.28. The molecule has 0 radical (unpaired) electrons. The summed E-state index contributed by atoms with van der Waals surface area (Å²) in [6, 6.07) is 10.7. The van der Waals surface area contributed by atoms with Crippen LogP contribution in [0, 0.1) is 6.92 Å². The summed E-state index contributed by atoms with van der Waals surface area (Å²) >= 11 is 1.35. The molecule has 0 spiro atoms. The van der Waals surface area contributed by atoms with Crippen LogP contribution in [-0.2, 0) is 6.54 Å². The van der Waals surface area contributed by atoms with E-state index in [0.29, 0.717) is 35.8 Å². The quantitative estimate of drug-likeness (QED) is 0.464. The number of carbonyl (C=O) groups is 1. The fourth-order valence-electron chi connectivity index (χ4n) is 2.96. The van der Waals surface area contributed by atoms with Crippen LogP contribution in [0.4, 0.5) is 0 Å². The van der Waals surface area contributed by atoms with E-state index in [0.717, 1.165) is 10.7 Å². The number of aryl methyl sites for hydroxylation is 2. The Morgan fingerprint density at radius 1 is 1.13 bits per heavy atom. The van der Waals surface area contributed by atoms with Gasteiger partial charge in [0.1, 0.15) is 4.88 Å². The predicted molar refractivity (Wildman–Crippen MR) is 115 cm³/mol. The molecule has 152 valence electrons. The van der Waals surface area contributed by atoms with E-state index in [2.05, 4.69) is 20.4 Å². The van der Waals surface area contributed by atoms with E-state index in [1.165, 1.54) is 22.1 Å². The van der Waals surface area contributed by atoms with Gasteiger partial charge in [0.2, 0.25) is 0 Å². The van der Waals surface area contributed by atoms with Crippen molar-refractivity contribution in [2.45, 2.75) is 19.9 Å². The molecule has 0 fully saturated rings. The molecule has 0 bridgehead atoms. The molecule has 8 nitrogen and oxygen atoms in total. The van der Waals surface area contributed by atoms with Crippen molar-refractivity contribution in [1.29, 1.82) is 0 Å². The van der Waals surface area contributed by atoms with Crippen molar-refractivity contribution in [2.75, 3.05) is 6.54 Å². The lowest BCUT2D eigenvalue weighted by atomic mass is 10.2. The molecule has 4 aromatic rings. The third kappa shape index (κ3) is 4.36. The molecule has 0 unspecified atom stereocenters. The van der Waals surface area contributed by atoms with Gasteiger partial charge in [-0.3, -0.25) is 14.6 Å². The molecule has 0 aliphatic rings. The SMILES string of the molecule is Cc1nc(-n2cccc2)sc1C(=O)NCCCn1nc(-c2ccncc2)ccc1=O. The summed E-state index contributed by atoms with van der Waals surface area (Å²) < 4.78 is 3.30. The van der Waals surface area contributed by atoms with E-state index < -0.39 is 0 Å². The molecule has 0 saturated heterocycles. The van der Waals surface area contributed by atoms with Gasteiger partial charge in [-0.15, -0.1) is 0 Å². The topological polar surface area (TPSA) is 94.7 Å². The van der Waals surface area contributed by atoms with Crippen molar-refractivity contribution in [3.05, 3.63) is 82.1 Å². The van der Waals surface area contributed by atoms with E-state index in [-0.39, 0.29) is 11.5 Å². The van der Waals surface area contributed by atoms with E-state index in [1.807, 2.05) is 48.1 Å². The van der Waals surface area contributed by atoms with Crippen LogP contribution >= 0.6 is 11.3 Å². The first kappa shape index (κ1) is 19.7. The number of thiazole rings is 1. The number of pyridine rings is 1. The standard InChI is InChI=1S/C21H20N6O2S/c1-15-19(30-21(24-15)26-12-2-3-13-26)20(29)23-9-4-14-27-18(28)6-5-17(25-27)16-7-10-22-11-8-16/h2-3,5-8,10-13H,4,9,14H2,1H3,(H,23,29). The Labute approximate surface area is 176 Å². The minimum Gasteiger partial charge on any atom is -0.351 e. The van der Waals surface area contributed by atoms with Gasteiger partial charge >= 0.3 is 0 Å². The zero-order valence-electron chi connectivity index (χ0n) is 16.4. The highest BCUT2D eigenvalue weighted by Gasteiger charge is 2.15. The largest absolute Gasteiger partial charge is 0.351 e. The van der Waals surface area contributed by atoms with Gasteiger partial charge in [-0.1, -0.05) is 11.3 Å². The number of rotatable bonds is 7. The Kier molecular flexibility index (Phi) is 5.80. The number of aromatic nitrogens is 5. The van der Waals surface area contributed by atoms with Crippen molar-refractivity contribution in [1.82, 2.24) is 29.6 Å². The average Bonchev–Trinajstić information content (AvgIpc) is 3.42. The molecule has 0 saturated carbocycles. The monoisotopic (exact) mass is 420 g/mol. The number of amides is 1. The molecule has 0 aliphatic heterocycles. The lowest BCUT2D eigenvalue weighted by molar-refractivity contribution is 0.0956. The zero-order valence-corrected chi connectivity index (χ0v) is 17.2. The minimum absolute atomic E-state index is 0.158. The van der Waals surface area contributed by atoms with Crippen molar-refractivity contribution in [3.8, 4) is 16.4 Å². The summed E-state index contributed by atoms with van der Waals surface area (Å²) in [6.07, 6.45) is 7.74. The summed E-state index contributed by atoms with van der Waals surface area (Å²) in [4.78, 5) is 33.7. The van der Waals surface area contributed by atoms with Gasteiger partial charge in [0.25, 0.3) is 11.5 Å². The van der Waals surface area contributed by atoms with Crippen LogP contribution in [0.2, 0.25) is 0 Å². The molecular formula is C21H20N6O2S. The Bertz CT molecular complexity index is 1200. The molecular weight excluding hydrogens is 400 g/mol. The highest BCUT2D eigenvalue weighted by Crippen LogP contribution is 2.21. The summed E-state index contributed by atoms with van der Waals surface area (Å²) in [7, 11) is 0. The van der Waals surface area contributed by atoms with Crippen LogP contribution in [-0.4, -0.2) is 36.8 Å². The third-order valence-corrected chi connectivity index (χ3v) is 5.66. The molecule has 0 aliphatic carbocycles. The third-order valence-electron chi connectivity index (χ3n) is 4.49. The van der Waals surface area contributed by atoms with Gasteiger partial charge < -0.3 is 9.88 Å². The van der Waals surface area contributed by atoms with E-state index >= 15 is 0 Å². The van der Waals surface area contributed by atoms with Gasteiger partial charge in [-0.05, 0) is 43.7 Å². The zero-order chi connectivity index (χ0) is 20.9. The molecule has 9 heteroatoms. The van der Waals surface area contributed by atoms with Crippen LogP contribution in [0.1, 0.15) is 21.8 Å². The second kappa shape index (κ2) is 8.83. The summed E-state index contributed by atoms with van der Waals surface area (Å²) in [6.45, 7) is 2.67. The molecule has 4 aromatic heterocycles. The van der Waals surface area contributed by atoms with Gasteiger partial charge in [-0.2, -0.15) is 5.10 Å². The molecule has 0 aromatic carbocycles. The predicted octanol–water partition coefficient (Wildman–Crippen LogP) is 2.68. The number of nitrogens with one attached hydrogen (secondary N) is 1. The highest BCUT2D eigenvalue weighted by atomic mass is 32.1. The van der Waals surface area contributed by atoms with Crippen molar-refractivity contribution < 1.29 is 4.79 Å². The molecule has 0 atom stereocenters. The number of hydrogen-bond donors (Lipinski definition) is 1. The van der Waals surface area contributed by atoms with Crippen LogP contribution in [0.3, 0.4) is 0 Å². The lowest BCUT2D eigenvalue weighted by Gasteiger charge is -2.08. The molecule has 1 N–H and O–H groups in total. The first-order valence-corrected chi connectivity index (χ1v) is 10.3. The molecule has 4 rings (SSSR count). The van der Waals surface area contributed by atoms with Crippen LogP contribution in [0.5, 0.6) is 0 Å². The van der Waals surface area contributed by atoms with Gasteiger partial charge in [0.15, 0.2) is 5.13 Å². The fourth-order valence-corrected chi connectivity index (χ4v) is 3.91. The van der Waals surface area contributed by atoms with E-state index in [9.17, 15) is 9.59 Å². The molecule has 1 amide bonds. The Morgan fingerprint density at radius 3 is 2.67 bits per heavy atom. The van der Waals surface area contributed by atoms with Gasteiger partial charge in [0, 0.05) is 49.5 Å². The number of nitrogens with zero attached hydrogens (tertiary/aromatic N) is 5. The van der Waals surface area contributed by atoms with Crippen molar-refractivity contribution in [3.63, 3.8) is 0 Å². The Morgan fingerprint density at radius 2 is 1.90 bits per heavy atom. The number of hydrogen-bond acceptors (Lipinski definition) is 6. The normalized spacial score (nSPS) is 10.8. The van der Waals surface area contributed by atoms with Crippen LogP contribution in [0.15, 0.2) is 66.0 Å². The summed E-state index contributed by atoms with van der Waals surface area (Å²) in [5.41, 5.74) is 2.13. The molecule has 4 heterocycles. The van der Waals surface area contributed by atoms with Crippen molar-refractivity contribution >= 4 is 17.2 Å². The second-order valence-corrected chi connectivity index (χ2v) is 7.60. The smallest absolute Gasteiger partial charge is 0.266 e. The summed E-state index contributed by atoms with van der Waals surface area (Å²) in [5.74, 6) is -0.158.